The zero-order valence-electron chi connectivity index (χ0n) is 60.2. The third kappa shape index (κ3) is 17.3. The molecule has 115 heavy (non-hydrogen) atoms. The van der Waals surface area contributed by atoms with Crippen LogP contribution in [-0.4, -0.2) is 141 Å². The normalized spacial score (nSPS) is 13.0. The van der Waals surface area contributed by atoms with E-state index in [2.05, 4.69) is 13.8 Å². The number of non-ortho nitro benzene ring substituents is 4. The summed E-state index contributed by atoms with van der Waals surface area (Å²) in [6, 6.07) is 19.5. The lowest BCUT2D eigenvalue weighted by molar-refractivity contribution is -0.385. The van der Waals surface area contributed by atoms with Crippen molar-refractivity contribution in [1.82, 2.24) is 0 Å². The molecular formula is C75H64N8O32-4. The molecule has 8 aromatic carbocycles. The number of fused-ring (bicyclic) bond motifs is 22. The van der Waals surface area contributed by atoms with Crippen molar-refractivity contribution in [3.8, 4) is 46.0 Å². The largest absolute Gasteiger partial charge is 0.546 e. The molecule has 0 saturated heterocycles. The number of nitro benzene ring substituents is 4. The van der Waals surface area contributed by atoms with Gasteiger partial charge in [0.05, 0.1) is 54.4 Å². The number of rotatable bonds is 28. The molecule has 16 bridgehead atoms. The second-order valence-electron chi connectivity index (χ2n) is 26.4. The summed E-state index contributed by atoms with van der Waals surface area (Å²) in [7, 11) is 0. The topological polar surface area (TPSA) is 660 Å². The zero-order valence-corrected chi connectivity index (χ0v) is 60.2. The summed E-state index contributed by atoms with van der Waals surface area (Å²) in [4.78, 5) is 141. The maximum absolute atomic E-state index is 12.7. The molecule has 0 aliphatic heterocycles. The predicted octanol–water partition coefficient (Wildman–Crippen LogP) is 1.89. The van der Waals surface area contributed by atoms with Gasteiger partial charge in [0.25, 0.3) is 22.7 Å². The Morgan fingerprint density at radius 3 is 0.739 bits per heavy atom. The molecule has 0 saturated carbocycles. The van der Waals surface area contributed by atoms with Crippen molar-refractivity contribution in [2.45, 2.75) is 69.6 Å². The fraction of sp³-hybridized carbons (Fsp3) is 0.253. The molecule has 40 heteroatoms. The Morgan fingerprint density at radius 1 is 0.304 bits per heavy atom. The number of nitrogens with zero attached hydrogens (tertiary/aromatic N) is 4. The molecule has 0 aromatic heterocycles. The number of hydrogen-bond acceptors (Lipinski definition) is 32. The number of carboxylic acid groups (broad SMARTS) is 8. The summed E-state index contributed by atoms with van der Waals surface area (Å²) in [5, 5.41) is 136. The van der Waals surface area contributed by atoms with E-state index in [-0.39, 0.29) is 138 Å². The average molecular weight is 1590 g/mol. The van der Waals surface area contributed by atoms with Gasteiger partial charge in [-0.05, 0) is 66.9 Å². The van der Waals surface area contributed by atoms with Crippen LogP contribution in [0.25, 0.3) is 0 Å². The summed E-state index contributed by atoms with van der Waals surface area (Å²) in [6.07, 6.45) is -0.901. The molecule has 12 N–H and O–H groups in total. The first-order valence-electron chi connectivity index (χ1n) is 34.0. The predicted molar refractivity (Wildman–Crippen MR) is 385 cm³/mol. The van der Waals surface area contributed by atoms with Crippen LogP contribution < -0.4 is 81.3 Å². The van der Waals surface area contributed by atoms with Gasteiger partial charge < -0.3 is 121 Å². The number of carboxylic acids is 8. The molecule has 4 aliphatic carbocycles. The first-order valence-corrected chi connectivity index (χ1v) is 34.0. The number of nitrogen functional groups attached to an aromatic ring is 4. The summed E-state index contributed by atoms with van der Waals surface area (Å²) < 4.78 is 46.5. The molecule has 0 atom stereocenters. The van der Waals surface area contributed by atoms with Gasteiger partial charge in [-0.2, -0.15) is 0 Å². The number of ether oxygens (including phenoxy) is 8. The Morgan fingerprint density at radius 2 is 0.478 bits per heavy atom. The summed E-state index contributed by atoms with van der Waals surface area (Å²) >= 11 is 0. The smallest absolute Gasteiger partial charge is 0.341 e. The summed E-state index contributed by atoms with van der Waals surface area (Å²) in [5.41, 5.74) is 19.7. The maximum atomic E-state index is 12.7. The highest BCUT2D eigenvalue weighted by atomic mass is 16.6. The SMILES string of the molecule is CCC.Nc1cc2c(OCC(=O)[O-])c(c1)Cc1cc(N)cc(c1OCC(=O)[O-])C1(Cc3cc(N)cc1c3OCC(=O)[O-])c1cc(N)cc(c1OCC(=O)[O-])C2.O=C(O)COc1c2cc([N+](=O)[O-])cc1Cc1cc([N+](=O)[O-])cc(c1OCC(=O)O)C1(Cc3cc([N+](=O)[O-])cc1c3OCC(=O)O)c1cc([N+](=O)[O-])cc(c1OCC(=O)O)C2. The van der Waals surface area contributed by atoms with E-state index in [1.807, 2.05) is 0 Å². The van der Waals surface area contributed by atoms with E-state index in [0.717, 1.165) is 48.5 Å². The average Bonchev–Trinajstić information content (AvgIpc) is 1.59. The number of anilines is 4. The van der Waals surface area contributed by atoms with E-state index < -0.39 is 196 Å². The first kappa shape index (κ1) is 82.2. The Labute approximate surface area is 645 Å². The van der Waals surface area contributed by atoms with E-state index in [0.29, 0.717) is 16.7 Å². The van der Waals surface area contributed by atoms with Crippen molar-refractivity contribution < 1.29 is 137 Å². The highest BCUT2D eigenvalue weighted by molar-refractivity contribution is 5.81. The molecule has 0 unspecified atom stereocenters. The summed E-state index contributed by atoms with van der Waals surface area (Å²) in [5.74, 6) is -14.2. The molecule has 0 heterocycles. The summed E-state index contributed by atoms with van der Waals surface area (Å²) in [6.45, 7) is -3.87. The Kier molecular flexibility index (Phi) is 24.0. The minimum Gasteiger partial charge on any atom is -0.546 e. The van der Waals surface area contributed by atoms with Gasteiger partial charge >= 0.3 is 23.9 Å². The second-order valence-corrected chi connectivity index (χ2v) is 26.4. The van der Waals surface area contributed by atoms with Crippen molar-refractivity contribution in [3.05, 3.63) is 227 Å². The first-order chi connectivity index (χ1) is 54.4. The fourth-order valence-corrected chi connectivity index (χ4v) is 14.6. The van der Waals surface area contributed by atoms with E-state index in [9.17, 15) is 120 Å². The number of aliphatic carboxylic acids is 8. The van der Waals surface area contributed by atoms with E-state index in [1.54, 1.807) is 6.07 Å². The minimum absolute atomic E-state index is 0.0319. The molecule has 8 aromatic rings. The highest BCUT2D eigenvalue weighted by Gasteiger charge is 2.54. The third-order valence-corrected chi connectivity index (χ3v) is 18.2. The molecule has 0 radical (unpaired) electrons. The Hall–Kier alpha value is -15.3. The van der Waals surface area contributed by atoms with Crippen molar-refractivity contribution in [2.75, 3.05) is 75.8 Å². The molecule has 12 rings (SSSR count). The molecular weight excluding hydrogens is 1520 g/mol. The number of carbonyl (C=O) groups excluding carboxylic acids is 4. The molecule has 0 amide bonds. The van der Waals surface area contributed by atoms with E-state index in [1.165, 1.54) is 48.9 Å². The Bertz CT molecular complexity index is 5220. The highest BCUT2D eigenvalue weighted by Crippen LogP contribution is 2.62. The van der Waals surface area contributed by atoms with Crippen LogP contribution >= 0.6 is 0 Å². The van der Waals surface area contributed by atoms with Gasteiger partial charge in [-0.25, -0.2) is 19.2 Å². The van der Waals surface area contributed by atoms with Crippen LogP contribution in [0.4, 0.5) is 45.5 Å². The molecule has 0 fully saturated rings. The van der Waals surface area contributed by atoms with Crippen molar-refractivity contribution in [2.24, 2.45) is 0 Å². The number of nitro groups is 4. The van der Waals surface area contributed by atoms with Gasteiger partial charge in [-0.1, -0.05) is 20.3 Å². The van der Waals surface area contributed by atoms with Crippen LogP contribution in [0, 0.1) is 40.5 Å². The quantitative estimate of drug-likeness (QED) is 0.0197. The van der Waals surface area contributed by atoms with Crippen molar-refractivity contribution >= 4 is 93.3 Å². The lowest BCUT2D eigenvalue weighted by Crippen LogP contribution is -2.34. The molecule has 600 valence electrons. The second kappa shape index (κ2) is 33.5. The van der Waals surface area contributed by atoms with Gasteiger partial charge in [0, 0.05) is 180 Å². The fourth-order valence-electron chi connectivity index (χ4n) is 14.6. The number of carbonyl (C=O) groups is 8. The number of nitrogens with two attached hydrogens (primary N) is 4. The van der Waals surface area contributed by atoms with Crippen LogP contribution in [0.1, 0.15) is 109 Å². The van der Waals surface area contributed by atoms with Crippen molar-refractivity contribution in [3.63, 3.8) is 0 Å². The third-order valence-electron chi connectivity index (χ3n) is 18.2. The van der Waals surface area contributed by atoms with E-state index in [4.69, 9.17) is 60.8 Å². The van der Waals surface area contributed by atoms with Crippen LogP contribution in [0.2, 0.25) is 0 Å². The minimum atomic E-state index is -2.32. The lowest BCUT2D eigenvalue weighted by Gasteiger charge is -2.37. The van der Waals surface area contributed by atoms with Crippen molar-refractivity contribution in [1.29, 1.82) is 0 Å². The van der Waals surface area contributed by atoms with Crippen LogP contribution in [-0.2, 0) is 87.7 Å². The maximum Gasteiger partial charge on any atom is 0.341 e. The van der Waals surface area contributed by atoms with Crippen LogP contribution in [0.5, 0.6) is 46.0 Å². The Balaban J connectivity index is 0.000000237. The zero-order chi connectivity index (χ0) is 84.0. The van der Waals surface area contributed by atoms with Gasteiger partial charge in [0.2, 0.25) is 0 Å². The van der Waals surface area contributed by atoms with Gasteiger partial charge in [0.1, 0.15) is 72.4 Å². The van der Waals surface area contributed by atoms with Crippen LogP contribution in [0.15, 0.2) is 97.1 Å². The van der Waals surface area contributed by atoms with Crippen LogP contribution in [0.3, 0.4) is 0 Å². The molecule has 40 nitrogen and oxygen atoms in total. The lowest BCUT2D eigenvalue weighted by atomic mass is 9.68. The van der Waals surface area contributed by atoms with Gasteiger partial charge in [0.15, 0.2) is 26.4 Å². The van der Waals surface area contributed by atoms with E-state index >= 15 is 0 Å². The van der Waals surface area contributed by atoms with Gasteiger partial charge in [-0.15, -0.1) is 0 Å². The number of benzene rings is 8. The molecule has 2 spiro atoms. The standard InChI is InChI=1S/C36H26N4O20.C36H34N4O12.C3H8/c41-28(42)12-57-32-16-1-18-5-22(38(51)52)8-25(33(18)58-13-29(43)44)36(11-20-7-24(40(55)56)10-27(36)35(20)60-15-31(47)48)26-9-23(39(53)54)6-19(34(26)59-14-30(45)46)2-17(32)4-21(3-16)37(49)50;37-21-3-16-1-18-5-22(38)8-25(33(18)50-13-29(43)44)36(11-20-7-24(40)10-27(36)35(20)52-15-31(47)48)26-9-23(39)6-19(34(26)51-14-30(45)46)2-17(4-21)32(16)49-12-28(41)42;1-3-2/h3-10H,1-2,11-15H2,(H,41,42)(H,43,44)(H,45,46)(H,47,48);3-10H,1-2,11-15,37-40H2,(H,41,42)(H,43,44)(H,45,46)(H,47,48);3H2,1-2H3/p-4. The molecule has 4 aliphatic rings. The number of hydrogen-bond donors (Lipinski definition) is 8. The van der Waals surface area contributed by atoms with Gasteiger partial charge in [-0.3, -0.25) is 40.5 Å². The monoisotopic (exact) mass is 1590 g/mol.